The number of nitrogens with zero attached hydrogens (tertiary/aromatic N) is 1. The highest BCUT2D eigenvalue weighted by molar-refractivity contribution is 6.30. The standard InChI is InChI=1S/C9H9ClN2/c1-12-6-7-2-3-9(10)4-8(7)5-11/h2-4,12H,6H2,1H3. The first kappa shape index (κ1) is 9.05. The Hall–Kier alpha value is -1.04. The third-order valence-electron chi connectivity index (χ3n) is 1.56. The number of halogens is 1. The predicted octanol–water partition coefficient (Wildman–Crippen LogP) is 1.93. The van der Waals surface area contributed by atoms with Crippen LogP contribution in [0.4, 0.5) is 0 Å². The number of nitriles is 1. The molecule has 1 N–H and O–H groups in total. The van der Waals surface area contributed by atoms with Crippen molar-refractivity contribution in [1.82, 2.24) is 5.32 Å². The van der Waals surface area contributed by atoms with Crippen LogP contribution in [0.5, 0.6) is 0 Å². The van der Waals surface area contributed by atoms with Gasteiger partial charge in [0.05, 0.1) is 11.6 Å². The molecule has 0 aromatic heterocycles. The van der Waals surface area contributed by atoms with Crippen molar-refractivity contribution in [3.05, 3.63) is 34.3 Å². The van der Waals surface area contributed by atoms with Crippen LogP contribution < -0.4 is 5.32 Å². The Morgan fingerprint density at radius 3 is 2.92 bits per heavy atom. The van der Waals surface area contributed by atoms with Crippen LogP contribution in [0, 0.1) is 11.3 Å². The van der Waals surface area contributed by atoms with Crippen LogP contribution in [0.1, 0.15) is 11.1 Å². The van der Waals surface area contributed by atoms with E-state index >= 15 is 0 Å². The lowest BCUT2D eigenvalue weighted by Crippen LogP contribution is -2.06. The van der Waals surface area contributed by atoms with Gasteiger partial charge in [0.1, 0.15) is 0 Å². The van der Waals surface area contributed by atoms with Crippen LogP contribution in [0.15, 0.2) is 18.2 Å². The van der Waals surface area contributed by atoms with E-state index in [9.17, 15) is 0 Å². The Balaban J connectivity index is 3.05. The zero-order valence-electron chi connectivity index (χ0n) is 6.76. The van der Waals surface area contributed by atoms with Gasteiger partial charge in [0.25, 0.3) is 0 Å². The van der Waals surface area contributed by atoms with Gasteiger partial charge < -0.3 is 5.32 Å². The highest BCUT2D eigenvalue weighted by Crippen LogP contribution is 2.14. The summed E-state index contributed by atoms with van der Waals surface area (Å²) in [6, 6.07) is 7.42. The smallest absolute Gasteiger partial charge is 0.0995 e. The Morgan fingerprint density at radius 1 is 1.58 bits per heavy atom. The van der Waals surface area contributed by atoms with Crippen LogP contribution in [-0.4, -0.2) is 7.05 Å². The van der Waals surface area contributed by atoms with Gasteiger partial charge in [-0.15, -0.1) is 0 Å². The first-order chi connectivity index (χ1) is 5.77. The second kappa shape index (κ2) is 4.10. The van der Waals surface area contributed by atoms with Crippen LogP contribution in [0.2, 0.25) is 5.02 Å². The summed E-state index contributed by atoms with van der Waals surface area (Å²) >= 11 is 5.72. The number of hydrogen-bond donors (Lipinski definition) is 1. The molecule has 0 aliphatic heterocycles. The highest BCUT2D eigenvalue weighted by atomic mass is 35.5. The highest BCUT2D eigenvalue weighted by Gasteiger charge is 2.00. The SMILES string of the molecule is CNCc1ccc(Cl)cc1C#N. The molecular formula is C9H9ClN2. The second-order valence-electron chi connectivity index (χ2n) is 2.44. The van der Waals surface area contributed by atoms with E-state index in [2.05, 4.69) is 11.4 Å². The van der Waals surface area contributed by atoms with Gasteiger partial charge in [-0.1, -0.05) is 17.7 Å². The summed E-state index contributed by atoms with van der Waals surface area (Å²) in [6.07, 6.45) is 0. The van der Waals surface area contributed by atoms with Crippen molar-refractivity contribution >= 4 is 11.6 Å². The van der Waals surface area contributed by atoms with E-state index in [1.54, 1.807) is 12.1 Å². The summed E-state index contributed by atoms with van der Waals surface area (Å²) in [5.41, 5.74) is 1.61. The minimum atomic E-state index is 0.603. The topological polar surface area (TPSA) is 35.8 Å². The Labute approximate surface area is 76.8 Å². The summed E-state index contributed by atoms with van der Waals surface area (Å²) in [4.78, 5) is 0. The third-order valence-corrected chi connectivity index (χ3v) is 1.79. The fourth-order valence-electron chi connectivity index (χ4n) is 0.997. The van der Waals surface area contributed by atoms with Crippen molar-refractivity contribution < 1.29 is 0 Å². The monoisotopic (exact) mass is 180 g/mol. The van der Waals surface area contributed by atoms with E-state index in [1.165, 1.54) is 0 Å². The normalized spacial score (nSPS) is 9.42. The zero-order chi connectivity index (χ0) is 8.97. The lowest BCUT2D eigenvalue weighted by Gasteiger charge is -2.02. The molecule has 1 aromatic rings. The van der Waals surface area contributed by atoms with E-state index in [4.69, 9.17) is 16.9 Å². The van der Waals surface area contributed by atoms with Crippen molar-refractivity contribution in [1.29, 1.82) is 5.26 Å². The molecule has 0 heterocycles. The minimum Gasteiger partial charge on any atom is -0.316 e. The molecule has 0 atom stereocenters. The number of benzene rings is 1. The lowest BCUT2D eigenvalue weighted by atomic mass is 10.1. The number of nitrogens with one attached hydrogen (secondary N) is 1. The summed E-state index contributed by atoms with van der Waals surface area (Å²) in [5.74, 6) is 0. The van der Waals surface area contributed by atoms with Crippen molar-refractivity contribution in [2.75, 3.05) is 7.05 Å². The van der Waals surface area contributed by atoms with Gasteiger partial charge >= 0.3 is 0 Å². The molecule has 0 saturated heterocycles. The van der Waals surface area contributed by atoms with Crippen molar-refractivity contribution in [3.8, 4) is 6.07 Å². The molecule has 0 saturated carbocycles. The third kappa shape index (κ3) is 1.97. The number of rotatable bonds is 2. The Bertz CT molecular complexity index is 315. The minimum absolute atomic E-state index is 0.603. The molecule has 1 aromatic carbocycles. The molecule has 0 aliphatic rings. The average molecular weight is 181 g/mol. The maximum absolute atomic E-state index is 8.73. The average Bonchev–Trinajstić information content (AvgIpc) is 2.08. The molecule has 0 unspecified atom stereocenters. The summed E-state index contributed by atoms with van der Waals surface area (Å²) < 4.78 is 0. The molecule has 2 nitrogen and oxygen atoms in total. The molecule has 0 fully saturated rings. The van der Waals surface area contributed by atoms with Gasteiger partial charge in [0, 0.05) is 11.6 Å². The van der Waals surface area contributed by atoms with Crippen molar-refractivity contribution in [2.45, 2.75) is 6.54 Å². The predicted molar refractivity (Wildman–Crippen MR) is 48.9 cm³/mol. The maximum atomic E-state index is 8.73. The first-order valence-electron chi connectivity index (χ1n) is 3.61. The summed E-state index contributed by atoms with van der Waals surface area (Å²) in [5, 5.41) is 12.3. The van der Waals surface area contributed by atoms with Gasteiger partial charge in [-0.3, -0.25) is 0 Å². The first-order valence-corrected chi connectivity index (χ1v) is 3.99. The zero-order valence-corrected chi connectivity index (χ0v) is 7.52. The van der Waals surface area contributed by atoms with Crippen LogP contribution in [0.3, 0.4) is 0 Å². The van der Waals surface area contributed by atoms with Gasteiger partial charge in [-0.05, 0) is 24.7 Å². The fourth-order valence-corrected chi connectivity index (χ4v) is 1.17. The molecular weight excluding hydrogens is 172 g/mol. The van der Waals surface area contributed by atoms with E-state index in [1.807, 2.05) is 13.1 Å². The molecule has 1 rings (SSSR count). The molecule has 0 amide bonds. The van der Waals surface area contributed by atoms with Crippen molar-refractivity contribution in [2.24, 2.45) is 0 Å². The van der Waals surface area contributed by atoms with Gasteiger partial charge in [0.15, 0.2) is 0 Å². The molecule has 62 valence electrons. The quantitative estimate of drug-likeness (QED) is 0.755. The van der Waals surface area contributed by atoms with Gasteiger partial charge in [-0.2, -0.15) is 5.26 Å². The second-order valence-corrected chi connectivity index (χ2v) is 2.88. The molecule has 0 aliphatic carbocycles. The molecule has 0 spiro atoms. The van der Waals surface area contributed by atoms with E-state index in [0.29, 0.717) is 17.1 Å². The van der Waals surface area contributed by atoms with E-state index in [0.717, 1.165) is 5.56 Å². The summed E-state index contributed by atoms with van der Waals surface area (Å²) in [6.45, 7) is 0.695. The van der Waals surface area contributed by atoms with Crippen LogP contribution in [-0.2, 0) is 6.54 Å². The van der Waals surface area contributed by atoms with Crippen LogP contribution in [0.25, 0.3) is 0 Å². The summed E-state index contributed by atoms with van der Waals surface area (Å²) in [7, 11) is 1.84. The molecule has 3 heteroatoms. The fraction of sp³-hybridized carbons (Fsp3) is 0.222. The number of hydrogen-bond acceptors (Lipinski definition) is 2. The molecule has 0 radical (unpaired) electrons. The Morgan fingerprint density at radius 2 is 2.33 bits per heavy atom. The van der Waals surface area contributed by atoms with E-state index < -0.39 is 0 Å². The maximum Gasteiger partial charge on any atom is 0.0995 e. The molecule has 12 heavy (non-hydrogen) atoms. The largest absolute Gasteiger partial charge is 0.316 e. The van der Waals surface area contributed by atoms with Gasteiger partial charge in [0.2, 0.25) is 0 Å². The molecule has 0 bridgehead atoms. The van der Waals surface area contributed by atoms with Crippen molar-refractivity contribution in [3.63, 3.8) is 0 Å². The van der Waals surface area contributed by atoms with Crippen LogP contribution >= 0.6 is 11.6 Å². The lowest BCUT2D eigenvalue weighted by molar-refractivity contribution is 0.815. The Kier molecular flexibility index (Phi) is 3.09. The van der Waals surface area contributed by atoms with E-state index in [-0.39, 0.29) is 0 Å². The van der Waals surface area contributed by atoms with Gasteiger partial charge in [-0.25, -0.2) is 0 Å².